The zero-order valence-electron chi connectivity index (χ0n) is 15.7. The Morgan fingerprint density at radius 3 is 2.79 bits per heavy atom. The van der Waals surface area contributed by atoms with Gasteiger partial charge in [-0.25, -0.2) is 4.39 Å². The lowest BCUT2D eigenvalue weighted by atomic mass is 10.1. The van der Waals surface area contributed by atoms with Gasteiger partial charge >= 0.3 is 0 Å². The number of ether oxygens (including phenoxy) is 2. The van der Waals surface area contributed by atoms with E-state index >= 15 is 0 Å². The average molecular weight is 437 g/mol. The topological polar surface area (TPSA) is 67.9 Å². The largest absolute Gasteiger partial charge is 0.493 e. The summed E-state index contributed by atoms with van der Waals surface area (Å²) in [5, 5.41) is 2.68. The molecule has 0 bridgehead atoms. The van der Waals surface area contributed by atoms with Crippen LogP contribution in [0.4, 0.5) is 4.39 Å². The molecule has 2 heterocycles. The number of nitrogens with one attached hydrogen (secondary N) is 1. The number of hydrogen-bond acceptors (Lipinski definition) is 5. The van der Waals surface area contributed by atoms with Crippen molar-refractivity contribution in [1.82, 2.24) is 10.2 Å². The van der Waals surface area contributed by atoms with Crippen LogP contribution in [0.15, 0.2) is 30.3 Å². The quantitative estimate of drug-likeness (QED) is 0.778. The number of halogens is 2. The van der Waals surface area contributed by atoms with Gasteiger partial charge in [-0.05, 0) is 18.2 Å². The van der Waals surface area contributed by atoms with Crippen LogP contribution in [0.5, 0.6) is 11.5 Å². The number of nitrogens with zero attached hydrogens (tertiary/aromatic N) is 1. The molecule has 9 heteroatoms. The highest BCUT2D eigenvalue weighted by atomic mass is 35.5. The molecule has 1 N–H and O–H groups in total. The van der Waals surface area contributed by atoms with Crippen molar-refractivity contribution in [3.8, 4) is 11.5 Å². The van der Waals surface area contributed by atoms with Gasteiger partial charge < -0.3 is 19.7 Å². The SMILES string of the molecule is COc1ccc2c(c1OC)C(=O)N1C(C(=O)NCc3c(F)cccc3Cl)CSC21. The van der Waals surface area contributed by atoms with Crippen LogP contribution in [0.1, 0.15) is 26.9 Å². The molecule has 2 atom stereocenters. The maximum absolute atomic E-state index is 14.0. The van der Waals surface area contributed by atoms with Crippen molar-refractivity contribution in [2.75, 3.05) is 20.0 Å². The molecule has 0 saturated carbocycles. The highest BCUT2D eigenvalue weighted by Gasteiger charge is 2.50. The molecule has 2 amide bonds. The Bertz CT molecular complexity index is 982. The molecule has 2 unspecified atom stereocenters. The Morgan fingerprint density at radius 1 is 1.31 bits per heavy atom. The number of rotatable bonds is 5. The fraction of sp³-hybridized carbons (Fsp3) is 0.300. The van der Waals surface area contributed by atoms with Crippen LogP contribution in [0, 0.1) is 5.82 Å². The van der Waals surface area contributed by atoms with Crippen molar-refractivity contribution in [1.29, 1.82) is 0 Å². The first kappa shape index (κ1) is 19.8. The van der Waals surface area contributed by atoms with Gasteiger partial charge in [-0.1, -0.05) is 23.7 Å². The van der Waals surface area contributed by atoms with Gasteiger partial charge in [0.25, 0.3) is 5.91 Å². The second-order valence-corrected chi connectivity index (χ2v) is 8.12. The van der Waals surface area contributed by atoms with Crippen molar-refractivity contribution >= 4 is 35.2 Å². The van der Waals surface area contributed by atoms with Gasteiger partial charge in [0.2, 0.25) is 5.91 Å². The molecule has 152 valence electrons. The second kappa shape index (κ2) is 7.76. The smallest absolute Gasteiger partial charge is 0.260 e. The molecular formula is C20H18ClFN2O4S. The van der Waals surface area contributed by atoms with Crippen LogP contribution >= 0.6 is 23.4 Å². The standard InChI is InChI=1S/C20H18ClFN2O4S/c1-27-15-7-6-10-16(17(15)28-2)19(26)24-14(9-29-20(10)24)18(25)23-8-11-12(21)4-3-5-13(11)22/h3-7,14,20H,8-9H2,1-2H3,(H,23,25). The lowest BCUT2D eigenvalue weighted by Gasteiger charge is -2.22. The Labute approximate surface area is 176 Å². The molecule has 0 aliphatic carbocycles. The summed E-state index contributed by atoms with van der Waals surface area (Å²) in [5.41, 5.74) is 1.43. The summed E-state index contributed by atoms with van der Waals surface area (Å²) in [7, 11) is 2.98. The number of amides is 2. The van der Waals surface area contributed by atoms with Gasteiger partial charge in [0.15, 0.2) is 11.5 Å². The third-order valence-corrected chi connectivity index (χ3v) is 6.76. The van der Waals surface area contributed by atoms with Gasteiger partial charge in [0.1, 0.15) is 17.2 Å². The van der Waals surface area contributed by atoms with E-state index in [2.05, 4.69) is 5.32 Å². The maximum atomic E-state index is 14.0. The summed E-state index contributed by atoms with van der Waals surface area (Å²) in [6, 6.07) is 7.26. The summed E-state index contributed by atoms with van der Waals surface area (Å²) in [5.74, 6) is 0.142. The summed E-state index contributed by atoms with van der Waals surface area (Å²) >= 11 is 7.53. The van der Waals surface area contributed by atoms with E-state index < -0.39 is 11.9 Å². The van der Waals surface area contributed by atoms with E-state index in [1.165, 1.54) is 38.1 Å². The molecule has 0 radical (unpaired) electrons. The fourth-order valence-corrected chi connectivity index (χ4v) is 5.37. The van der Waals surface area contributed by atoms with E-state index in [-0.39, 0.29) is 34.3 Å². The summed E-state index contributed by atoms with van der Waals surface area (Å²) < 4.78 is 24.6. The summed E-state index contributed by atoms with van der Waals surface area (Å²) in [4.78, 5) is 27.5. The minimum atomic E-state index is -0.675. The first-order chi connectivity index (χ1) is 14.0. The van der Waals surface area contributed by atoms with Gasteiger partial charge in [-0.15, -0.1) is 11.8 Å². The van der Waals surface area contributed by atoms with E-state index in [9.17, 15) is 14.0 Å². The third-order valence-electron chi connectivity index (χ3n) is 5.10. The normalized spacial score (nSPS) is 19.7. The highest BCUT2D eigenvalue weighted by molar-refractivity contribution is 7.99. The zero-order chi connectivity index (χ0) is 20.7. The number of carbonyl (C=O) groups is 2. The van der Waals surface area contributed by atoms with Gasteiger partial charge in [0, 0.05) is 28.4 Å². The van der Waals surface area contributed by atoms with E-state index in [1.54, 1.807) is 17.0 Å². The Kier molecular flexibility index (Phi) is 5.31. The highest BCUT2D eigenvalue weighted by Crippen LogP contribution is 2.52. The van der Waals surface area contributed by atoms with E-state index in [0.29, 0.717) is 22.8 Å². The van der Waals surface area contributed by atoms with Gasteiger partial charge in [0.05, 0.1) is 19.8 Å². The fourth-order valence-electron chi connectivity index (χ4n) is 3.69. The summed E-state index contributed by atoms with van der Waals surface area (Å²) in [6.07, 6.45) is 0. The van der Waals surface area contributed by atoms with Crippen molar-refractivity contribution in [2.45, 2.75) is 18.0 Å². The number of thioether (sulfide) groups is 1. The lowest BCUT2D eigenvalue weighted by molar-refractivity contribution is -0.124. The number of methoxy groups -OCH3 is 2. The van der Waals surface area contributed by atoms with Crippen LogP contribution in [0.25, 0.3) is 0 Å². The Morgan fingerprint density at radius 2 is 2.10 bits per heavy atom. The van der Waals surface area contributed by atoms with Crippen LogP contribution < -0.4 is 14.8 Å². The molecule has 0 spiro atoms. The van der Waals surface area contributed by atoms with Crippen molar-refractivity contribution in [2.24, 2.45) is 0 Å². The first-order valence-corrected chi connectivity index (χ1v) is 10.3. The molecule has 0 aromatic heterocycles. The van der Waals surface area contributed by atoms with Crippen LogP contribution in [-0.2, 0) is 11.3 Å². The zero-order valence-corrected chi connectivity index (χ0v) is 17.3. The van der Waals surface area contributed by atoms with Crippen molar-refractivity contribution in [3.05, 3.63) is 57.9 Å². The lowest BCUT2D eigenvalue weighted by Crippen LogP contribution is -2.45. The minimum absolute atomic E-state index is 0.0533. The van der Waals surface area contributed by atoms with E-state index in [1.807, 2.05) is 6.07 Å². The molecular weight excluding hydrogens is 419 g/mol. The molecule has 1 saturated heterocycles. The molecule has 2 aromatic carbocycles. The Hall–Kier alpha value is -2.45. The van der Waals surface area contributed by atoms with Gasteiger partial charge in [-0.2, -0.15) is 0 Å². The molecule has 29 heavy (non-hydrogen) atoms. The molecule has 4 rings (SSSR count). The number of benzene rings is 2. The average Bonchev–Trinajstić information content (AvgIpc) is 3.27. The molecule has 2 aromatic rings. The van der Waals surface area contributed by atoms with Gasteiger partial charge in [-0.3, -0.25) is 9.59 Å². The molecule has 2 aliphatic heterocycles. The van der Waals surface area contributed by atoms with Crippen molar-refractivity contribution in [3.63, 3.8) is 0 Å². The van der Waals surface area contributed by atoms with E-state index in [4.69, 9.17) is 21.1 Å². The number of hydrogen-bond donors (Lipinski definition) is 1. The predicted molar refractivity (Wildman–Crippen MR) is 108 cm³/mol. The minimum Gasteiger partial charge on any atom is -0.493 e. The monoisotopic (exact) mass is 436 g/mol. The summed E-state index contributed by atoms with van der Waals surface area (Å²) in [6.45, 7) is -0.0533. The number of carbonyl (C=O) groups excluding carboxylic acids is 2. The molecule has 6 nitrogen and oxygen atoms in total. The van der Waals surface area contributed by atoms with Crippen LogP contribution in [0.3, 0.4) is 0 Å². The van der Waals surface area contributed by atoms with Crippen LogP contribution in [0.2, 0.25) is 5.02 Å². The van der Waals surface area contributed by atoms with E-state index in [0.717, 1.165) is 5.56 Å². The predicted octanol–water partition coefficient (Wildman–Crippen LogP) is 3.38. The molecule has 1 fully saturated rings. The molecule has 2 aliphatic rings. The van der Waals surface area contributed by atoms with Crippen LogP contribution in [-0.4, -0.2) is 42.7 Å². The maximum Gasteiger partial charge on any atom is 0.260 e. The second-order valence-electron chi connectivity index (χ2n) is 6.60. The van der Waals surface area contributed by atoms with Crippen molar-refractivity contribution < 1.29 is 23.5 Å². The number of fused-ring (bicyclic) bond motifs is 3. The first-order valence-electron chi connectivity index (χ1n) is 8.87. The Balaban J connectivity index is 1.56. The third kappa shape index (κ3) is 3.20.